The van der Waals surface area contributed by atoms with Crippen LogP contribution in [0.15, 0.2) is 36.9 Å². The quantitative estimate of drug-likeness (QED) is 0.732. The second kappa shape index (κ2) is 5.87. The van der Waals surface area contributed by atoms with E-state index in [1.807, 2.05) is 25.5 Å². The van der Waals surface area contributed by atoms with E-state index in [-0.39, 0.29) is 5.82 Å². The summed E-state index contributed by atoms with van der Waals surface area (Å²) in [5.41, 5.74) is 1.56. The normalized spacial score (nSPS) is 11.0. The van der Waals surface area contributed by atoms with Crippen molar-refractivity contribution in [1.82, 2.24) is 19.7 Å². The van der Waals surface area contributed by atoms with Crippen molar-refractivity contribution >= 4 is 16.7 Å². The van der Waals surface area contributed by atoms with Gasteiger partial charge in [-0.3, -0.25) is 4.68 Å². The van der Waals surface area contributed by atoms with Crippen LogP contribution < -0.4 is 5.32 Å². The SMILES string of the molecule is Cn1cc(CCCNc2ncnc3c(F)cccc23)cn1. The van der Waals surface area contributed by atoms with Gasteiger partial charge in [0.05, 0.1) is 6.20 Å². The first kappa shape index (κ1) is 13.5. The van der Waals surface area contributed by atoms with Gasteiger partial charge in [-0.2, -0.15) is 5.10 Å². The molecule has 108 valence electrons. The van der Waals surface area contributed by atoms with Crippen molar-refractivity contribution in [2.75, 3.05) is 11.9 Å². The molecule has 3 aromatic rings. The minimum absolute atomic E-state index is 0.326. The summed E-state index contributed by atoms with van der Waals surface area (Å²) in [4.78, 5) is 8.17. The average Bonchev–Trinajstić information content (AvgIpc) is 2.90. The Morgan fingerprint density at radius 1 is 1.29 bits per heavy atom. The Bertz CT molecular complexity index is 753. The van der Waals surface area contributed by atoms with Gasteiger partial charge in [-0.05, 0) is 30.5 Å². The monoisotopic (exact) mass is 285 g/mol. The summed E-state index contributed by atoms with van der Waals surface area (Å²) in [7, 11) is 1.91. The van der Waals surface area contributed by atoms with E-state index in [4.69, 9.17) is 0 Å². The Balaban J connectivity index is 1.64. The average molecular weight is 285 g/mol. The third-order valence-corrected chi connectivity index (χ3v) is 3.31. The zero-order valence-corrected chi connectivity index (χ0v) is 11.8. The van der Waals surface area contributed by atoms with Gasteiger partial charge in [0.15, 0.2) is 0 Å². The van der Waals surface area contributed by atoms with Crippen LogP contribution in [-0.4, -0.2) is 26.3 Å². The van der Waals surface area contributed by atoms with E-state index >= 15 is 0 Å². The van der Waals surface area contributed by atoms with Gasteiger partial charge in [-0.1, -0.05) is 6.07 Å². The van der Waals surface area contributed by atoms with Gasteiger partial charge in [0.25, 0.3) is 0 Å². The van der Waals surface area contributed by atoms with Crippen LogP contribution in [0.1, 0.15) is 12.0 Å². The first-order valence-electron chi connectivity index (χ1n) is 6.84. The molecule has 5 nitrogen and oxygen atoms in total. The third kappa shape index (κ3) is 2.99. The fraction of sp³-hybridized carbons (Fsp3) is 0.267. The summed E-state index contributed by atoms with van der Waals surface area (Å²) < 4.78 is 15.4. The summed E-state index contributed by atoms with van der Waals surface area (Å²) in [6.45, 7) is 0.761. The van der Waals surface area contributed by atoms with E-state index in [1.54, 1.807) is 10.7 Å². The van der Waals surface area contributed by atoms with Gasteiger partial charge in [0.2, 0.25) is 0 Å². The number of fused-ring (bicyclic) bond motifs is 1. The smallest absolute Gasteiger partial charge is 0.149 e. The van der Waals surface area contributed by atoms with E-state index in [1.165, 1.54) is 18.0 Å². The minimum Gasteiger partial charge on any atom is -0.369 e. The lowest BCUT2D eigenvalue weighted by Crippen LogP contribution is -2.05. The van der Waals surface area contributed by atoms with Gasteiger partial charge < -0.3 is 5.32 Å². The molecule has 0 saturated heterocycles. The molecule has 0 atom stereocenters. The highest BCUT2D eigenvalue weighted by atomic mass is 19.1. The molecule has 0 unspecified atom stereocenters. The number of anilines is 1. The first-order valence-corrected chi connectivity index (χ1v) is 6.84. The molecule has 0 bridgehead atoms. The van der Waals surface area contributed by atoms with Crippen molar-refractivity contribution in [2.45, 2.75) is 12.8 Å². The van der Waals surface area contributed by atoms with Gasteiger partial charge in [-0.15, -0.1) is 0 Å². The molecule has 0 aliphatic heterocycles. The largest absolute Gasteiger partial charge is 0.369 e. The first-order chi connectivity index (χ1) is 10.2. The van der Waals surface area contributed by atoms with Crippen molar-refractivity contribution in [1.29, 1.82) is 0 Å². The summed E-state index contributed by atoms with van der Waals surface area (Å²) >= 11 is 0. The van der Waals surface area contributed by atoms with Crippen LogP contribution >= 0.6 is 0 Å². The summed E-state index contributed by atoms with van der Waals surface area (Å²) in [6, 6.07) is 4.89. The molecule has 0 spiro atoms. The van der Waals surface area contributed by atoms with Crippen molar-refractivity contribution in [2.24, 2.45) is 7.05 Å². The molecule has 0 fully saturated rings. The second-order valence-corrected chi connectivity index (χ2v) is 4.91. The molecule has 1 N–H and O–H groups in total. The molecular formula is C15H16FN5. The van der Waals surface area contributed by atoms with Crippen LogP contribution in [0, 0.1) is 5.82 Å². The predicted octanol–water partition coefficient (Wildman–Crippen LogP) is 2.55. The van der Waals surface area contributed by atoms with Crippen LogP contribution in [0.2, 0.25) is 0 Å². The number of hydrogen-bond acceptors (Lipinski definition) is 4. The Morgan fingerprint density at radius 3 is 3.00 bits per heavy atom. The number of benzene rings is 1. The van der Waals surface area contributed by atoms with E-state index in [2.05, 4.69) is 20.4 Å². The molecule has 6 heteroatoms. The lowest BCUT2D eigenvalue weighted by Gasteiger charge is -2.08. The molecule has 21 heavy (non-hydrogen) atoms. The Kier molecular flexibility index (Phi) is 3.77. The highest BCUT2D eigenvalue weighted by molar-refractivity contribution is 5.89. The van der Waals surface area contributed by atoms with Crippen LogP contribution in [-0.2, 0) is 13.5 Å². The molecule has 1 aromatic carbocycles. The zero-order valence-electron chi connectivity index (χ0n) is 11.8. The van der Waals surface area contributed by atoms with E-state index in [9.17, 15) is 4.39 Å². The number of aromatic nitrogens is 4. The lowest BCUT2D eigenvalue weighted by atomic mass is 10.2. The lowest BCUT2D eigenvalue weighted by molar-refractivity contribution is 0.636. The molecule has 2 aromatic heterocycles. The number of nitrogens with zero attached hydrogens (tertiary/aromatic N) is 4. The van der Waals surface area contributed by atoms with E-state index in [0.717, 1.165) is 19.4 Å². The van der Waals surface area contributed by atoms with Crippen LogP contribution in [0.5, 0.6) is 0 Å². The van der Waals surface area contributed by atoms with Gasteiger partial charge in [-0.25, -0.2) is 14.4 Å². The summed E-state index contributed by atoms with van der Waals surface area (Å²) in [5.74, 6) is 0.346. The number of aryl methyl sites for hydroxylation is 2. The number of hydrogen-bond donors (Lipinski definition) is 1. The Labute approximate surface area is 121 Å². The summed E-state index contributed by atoms with van der Waals surface area (Å²) in [5, 5.41) is 8.09. The van der Waals surface area contributed by atoms with Crippen molar-refractivity contribution in [3.63, 3.8) is 0 Å². The van der Waals surface area contributed by atoms with E-state index < -0.39 is 0 Å². The van der Waals surface area contributed by atoms with Gasteiger partial charge >= 0.3 is 0 Å². The van der Waals surface area contributed by atoms with Crippen LogP contribution in [0.25, 0.3) is 10.9 Å². The molecule has 0 saturated carbocycles. The van der Waals surface area contributed by atoms with Gasteiger partial charge in [0, 0.05) is 25.2 Å². The zero-order chi connectivity index (χ0) is 14.7. The molecule has 0 amide bonds. The topological polar surface area (TPSA) is 55.6 Å². The molecule has 2 heterocycles. The predicted molar refractivity (Wildman–Crippen MR) is 79.5 cm³/mol. The van der Waals surface area contributed by atoms with Crippen LogP contribution in [0.3, 0.4) is 0 Å². The maximum Gasteiger partial charge on any atom is 0.149 e. The Hall–Kier alpha value is -2.50. The van der Waals surface area contributed by atoms with E-state index in [0.29, 0.717) is 16.7 Å². The maximum atomic E-state index is 13.7. The van der Waals surface area contributed by atoms with Gasteiger partial charge in [0.1, 0.15) is 23.5 Å². The molecule has 0 radical (unpaired) electrons. The fourth-order valence-electron chi connectivity index (χ4n) is 2.29. The molecule has 0 aliphatic rings. The standard InChI is InChI=1S/C15H16FN5/c1-21-9-11(8-20-21)4-3-7-17-15-12-5-2-6-13(16)14(12)18-10-19-15/h2,5-6,8-10H,3-4,7H2,1H3,(H,17,18,19). The molecule has 3 rings (SSSR count). The van der Waals surface area contributed by atoms with Crippen molar-refractivity contribution in [3.8, 4) is 0 Å². The number of rotatable bonds is 5. The number of halogens is 1. The van der Waals surface area contributed by atoms with Crippen LogP contribution in [0.4, 0.5) is 10.2 Å². The van der Waals surface area contributed by atoms with Crippen molar-refractivity contribution < 1.29 is 4.39 Å². The number of nitrogens with one attached hydrogen (secondary N) is 1. The molecule has 0 aliphatic carbocycles. The Morgan fingerprint density at radius 2 is 2.19 bits per heavy atom. The van der Waals surface area contributed by atoms with Crippen molar-refractivity contribution in [3.05, 3.63) is 48.3 Å². The summed E-state index contributed by atoms with van der Waals surface area (Å²) in [6.07, 6.45) is 7.16. The maximum absolute atomic E-state index is 13.7. The third-order valence-electron chi connectivity index (χ3n) is 3.31. The molecular weight excluding hydrogens is 269 g/mol. The number of para-hydroxylation sites is 1. The highest BCUT2D eigenvalue weighted by Gasteiger charge is 2.06. The highest BCUT2D eigenvalue weighted by Crippen LogP contribution is 2.21. The second-order valence-electron chi connectivity index (χ2n) is 4.91. The fourth-order valence-corrected chi connectivity index (χ4v) is 2.29. The minimum atomic E-state index is -0.326.